The van der Waals surface area contributed by atoms with Crippen LogP contribution < -0.4 is 5.73 Å². The Morgan fingerprint density at radius 2 is 1.92 bits per heavy atom. The Kier molecular flexibility index (Phi) is 2.48. The number of halogens is 1. The van der Waals surface area contributed by atoms with Gasteiger partial charge in [-0.1, -0.05) is 6.07 Å². The molecule has 66 valence electrons. The van der Waals surface area contributed by atoms with Crippen molar-refractivity contribution in [1.29, 1.82) is 0 Å². The minimum Gasteiger partial charge on any atom is -0.324 e. The fourth-order valence-corrected chi connectivity index (χ4v) is 1.11. The van der Waals surface area contributed by atoms with Gasteiger partial charge < -0.3 is 5.73 Å². The van der Waals surface area contributed by atoms with Crippen LogP contribution in [0.1, 0.15) is 29.7 Å². The first-order chi connectivity index (χ1) is 5.52. The third-order valence-electron chi connectivity index (χ3n) is 2.15. The molecule has 1 aromatic carbocycles. The van der Waals surface area contributed by atoms with Crippen molar-refractivity contribution in [3.05, 3.63) is 34.6 Å². The normalized spacial score (nSPS) is 13.1. The van der Waals surface area contributed by atoms with Crippen molar-refractivity contribution < 1.29 is 4.39 Å². The maximum atomic E-state index is 13.1. The van der Waals surface area contributed by atoms with Gasteiger partial charge in [-0.05, 0) is 43.5 Å². The lowest BCUT2D eigenvalue weighted by molar-refractivity contribution is 0.611. The molecule has 1 nitrogen and oxygen atoms in total. The molecular weight excluding hydrogens is 153 g/mol. The molecule has 0 bridgehead atoms. The minimum atomic E-state index is -0.165. The molecule has 0 saturated carbocycles. The van der Waals surface area contributed by atoms with E-state index >= 15 is 0 Å². The molecule has 0 radical (unpaired) electrons. The predicted molar refractivity (Wildman–Crippen MR) is 48.5 cm³/mol. The molecule has 0 aromatic heterocycles. The molecule has 0 aliphatic carbocycles. The Bertz CT molecular complexity index is 269. The second-order valence-electron chi connectivity index (χ2n) is 3.23. The zero-order valence-electron chi connectivity index (χ0n) is 7.69. The standard InChI is InChI=1S/C10H14FN/c1-6-4-9(8(3)12)5-10(11)7(6)2/h4-5,8H,12H2,1-3H3. The minimum absolute atomic E-state index is 0.0983. The number of benzene rings is 1. The average molecular weight is 167 g/mol. The zero-order valence-corrected chi connectivity index (χ0v) is 7.69. The van der Waals surface area contributed by atoms with Crippen molar-refractivity contribution in [2.45, 2.75) is 26.8 Å². The van der Waals surface area contributed by atoms with Crippen LogP contribution in [0.2, 0.25) is 0 Å². The summed E-state index contributed by atoms with van der Waals surface area (Å²) in [7, 11) is 0. The SMILES string of the molecule is Cc1cc(C(C)N)cc(F)c1C. The summed E-state index contributed by atoms with van der Waals surface area (Å²) >= 11 is 0. The maximum absolute atomic E-state index is 13.1. The summed E-state index contributed by atoms with van der Waals surface area (Å²) in [5.41, 5.74) is 8.16. The van der Waals surface area contributed by atoms with E-state index in [0.717, 1.165) is 11.1 Å². The van der Waals surface area contributed by atoms with E-state index in [-0.39, 0.29) is 11.9 Å². The largest absolute Gasteiger partial charge is 0.324 e. The summed E-state index contributed by atoms with van der Waals surface area (Å²) in [6, 6.07) is 3.34. The fourth-order valence-electron chi connectivity index (χ4n) is 1.11. The Morgan fingerprint density at radius 3 is 2.33 bits per heavy atom. The first kappa shape index (κ1) is 9.20. The summed E-state index contributed by atoms with van der Waals surface area (Å²) in [4.78, 5) is 0. The van der Waals surface area contributed by atoms with Gasteiger partial charge >= 0.3 is 0 Å². The van der Waals surface area contributed by atoms with E-state index in [2.05, 4.69) is 0 Å². The van der Waals surface area contributed by atoms with Crippen molar-refractivity contribution in [2.75, 3.05) is 0 Å². The predicted octanol–water partition coefficient (Wildman–Crippen LogP) is 2.46. The quantitative estimate of drug-likeness (QED) is 0.683. The first-order valence-corrected chi connectivity index (χ1v) is 4.04. The van der Waals surface area contributed by atoms with Gasteiger partial charge in [0, 0.05) is 6.04 Å². The summed E-state index contributed by atoms with van der Waals surface area (Å²) in [5, 5.41) is 0. The number of hydrogen-bond acceptors (Lipinski definition) is 1. The smallest absolute Gasteiger partial charge is 0.126 e. The van der Waals surface area contributed by atoms with Crippen molar-refractivity contribution in [1.82, 2.24) is 0 Å². The zero-order chi connectivity index (χ0) is 9.30. The molecule has 12 heavy (non-hydrogen) atoms. The van der Waals surface area contributed by atoms with E-state index in [1.165, 1.54) is 6.07 Å². The van der Waals surface area contributed by atoms with Crippen LogP contribution in [0.3, 0.4) is 0 Å². The second-order valence-corrected chi connectivity index (χ2v) is 3.23. The first-order valence-electron chi connectivity index (χ1n) is 4.04. The van der Waals surface area contributed by atoms with E-state index in [1.807, 2.05) is 19.9 Å². The molecular formula is C10H14FN. The summed E-state index contributed by atoms with van der Waals surface area (Å²) in [5.74, 6) is -0.165. The molecule has 1 aromatic rings. The third kappa shape index (κ3) is 1.64. The van der Waals surface area contributed by atoms with Gasteiger partial charge in [0.25, 0.3) is 0 Å². The number of hydrogen-bond donors (Lipinski definition) is 1. The fraction of sp³-hybridized carbons (Fsp3) is 0.400. The molecule has 0 saturated heterocycles. The molecule has 0 aliphatic rings. The highest BCUT2D eigenvalue weighted by molar-refractivity contribution is 5.32. The second kappa shape index (κ2) is 3.23. The van der Waals surface area contributed by atoms with E-state index in [0.29, 0.717) is 5.56 Å². The van der Waals surface area contributed by atoms with Gasteiger partial charge in [0.15, 0.2) is 0 Å². The maximum Gasteiger partial charge on any atom is 0.126 e. The van der Waals surface area contributed by atoms with Gasteiger partial charge in [-0.15, -0.1) is 0 Å². The van der Waals surface area contributed by atoms with Crippen LogP contribution >= 0.6 is 0 Å². The molecule has 2 N–H and O–H groups in total. The van der Waals surface area contributed by atoms with Crippen LogP contribution in [0.25, 0.3) is 0 Å². The third-order valence-corrected chi connectivity index (χ3v) is 2.15. The molecule has 0 aliphatic heterocycles. The lowest BCUT2D eigenvalue weighted by Gasteiger charge is -2.09. The van der Waals surface area contributed by atoms with Gasteiger partial charge in [0.1, 0.15) is 5.82 Å². The van der Waals surface area contributed by atoms with Crippen LogP contribution in [0.5, 0.6) is 0 Å². The molecule has 2 heteroatoms. The van der Waals surface area contributed by atoms with E-state index in [4.69, 9.17) is 5.73 Å². The lowest BCUT2D eigenvalue weighted by atomic mass is 10.0. The molecule has 1 atom stereocenters. The van der Waals surface area contributed by atoms with Crippen LogP contribution in [0.4, 0.5) is 4.39 Å². The number of aryl methyl sites for hydroxylation is 1. The van der Waals surface area contributed by atoms with Crippen molar-refractivity contribution in [2.24, 2.45) is 5.73 Å². The van der Waals surface area contributed by atoms with Gasteiger partial charge in [-0.2, -0.15) is 0 Å². The van der Waals surface area contributed by atoms with Crippen molar-refractivity contribution in [3.63, 3.8) is 0 Å². The molecule has 0 fully saturated rings. The lowest BCUT2D eigenvalue weighted by Crippen LogP contribution is -2.06. The number of nitrogens with two attached hydrogens (primary N) is 1. The highest BCUT2D eigenvalue weighted by Gasteiger charge is 2.05. The highest BCUT2D eigenvalue weighted by atomic mass is 19.1. The monoisotopic (exact) mass is 167 g/mol. The van der Waals surface area contributed by atoms with Crippen LogP contribution in [0, 0.1) is 19.7 Å². The Balaban J connectivity index is 3.21. The number of rotatable bonds is 1. The van der Waals surface area contributed by atoms with Gasteiger partial charge in [0.05, 0.1) is 0 Å². The summed E-state index contributed by atoms with van der Waals surface area (Å²) in [6.07, 6.45) is 0. The summed E-state index contributed by atoms with van der Waals surface area (Å²) < 4.78 is 13.1. The van der Waals surface area contributed by atoms with Gasteiger partial charge in [0.2, 0.25) is 0 Å². The van der Waals surface area contributed by atoms with E-state index in [9.17, 15) is 4.39 Å². The molecule has 0 amide bonds. The van der Waals surface area contributed by atoms with Crippen LogP contribution in [-0.4, -0.2) is 0 Å². The van der Waals surface area contributed by atoms with Crippen molar-refractivity contribution >= 4 is 0 Å². The topological polar surface area (TPSA) is 26.0 Å². The Hall–Kier alpha value is -0.890. The van der Waals surface area contributed by atoms with Crippen molar-refractivity contribution in [3.8, 4) is 0 Å². The molecule has 0 spiro atoms. The Morgan fingerprint density at radius 1 is 1.33 bits per heavy atom. The van der Waals surface area contributed by atoms with Gasteiger partial charge in [-0.25, -0.2) is 4.39 Å². The van der Waals surface area contributed by atoms with Crippen LogP contribution in [0.15, 0.2) is 12.1 Å². The van der Waals surface area contributed by atoms with Crippen LogP contribution in [-0.2, 0) is 0 Å². The Labute approximate surface area is 72.4 Å². The molecule has 1 rings (SSSR count). The highest BCUT2D eigenvalue weighted by Crippen LogP contribution is 2.18. The molecule has 1 unspecified atom stereocenters. The molecule has 0 heterocycles. The average Bonchev–Trinajstić information content (AvgIpc) is 1.99. The van der Waals surface area contributed by atoms with E-state index in [1.54, 1.807) is 6.92 Å². The van der Waals surface area contributed by atoms with Gasteiger partial charge in [-0.3, -0.25) is 0 Å². The summed E-state index contributed by atoms with van der Waals surface area (Å²) in [6.45, 7) is 5.52. The van der Waals surface area contributed by atoms with E-state index < -0.39 is 0 Å².